The summed E-state index contributed by atoms with van der Waals surface area (Å²) < 4.78 is 0. The van der Waals surface area contributed by atoms with E-state index in [0.29, 0.717) is 0 Å². The molecule has 0 bridgehead atoms. The van der Waals surface area contributed by atoms with E-state index in [1.165, 1.54) is 155 Å². The average molecular weight is 1700 g/mol. The van der Waals surface area contributed by atoms with Gasteiger partial charge >= 0.3 is 0 Å². The smallest absolute Gasteiger partial charge is 0.0546 e. The second-order valence-corrected chi connectivity index (χ2v) is 33.5. The molecule has 0 aliphatic carbocycles. The molecule has 0 spiro atoms. The topological polar surface area (TPSA) is 9.72 Å². The van der Waals surface area contributed by atoms with Gasteiger partial charge in [-0.05, 0) is 270 Å². The van der Waals surface area contributed by atoms with Gasteiger partial charge < -0.3 is 14.7 Å². The van der Waals surface area contributed by atoms with E-state index in [1.54, 1.807) is 0 Å². The van der Waals surface area contributed by atoms with Crippen LogP contribution in [0.15, 0.2) is 564 Å². The Hall–Kier alpha value is -17.5. The third-order valence-electron chi connectivity index (χ3n) is 25.2. The molecule has 23 aromatic rings. The van der Waals surface area contributed by atoms with Crippen molar-refractivity contribution in [2.45, 2.75) is 0 Å². The Morgan fingerprint density at radius 2 is 0.271 bits per heavy atom. The quantitative estimate of drug-likeness (QED) is 0.0704. The van der Waals surface area contributed by atoms with E-state index < -0.39 is 0 Å². The average Bonchev–Trinajstić information content (AvgIpc) is 0.744. The van der Waals surface area contributed by atoms with Gasteiger partial charge in [-0.3, -0.25) is 0 Å². The molecule has 0 unspecified atom stereocenters. The van der Waals surface area contributed by atoms with Crippen LogP contribution >= 0.6 is 0 Å². The molecule has 23 rings (SSSR count). The van der Waals surface area contributed by atoms with Crippen molar-refractivity contribution in [1.29, 1.82) is 0 Å². The molecule has 3 nitrogen and oxygen atoms in total. The van der Waals surface area contributed by atoms with E-state index in [4.69, 9.17) is 0 Å². The molecule has 0 heterocycles. The Morgan fingerprint density at radius 3 is 0.504 bits per heavy atom. The van der Waals surface area contributed by atoms with Crippen LogP contribution < -0.4 is 14.7 Å². The maximum atomic E-state index is 2.41. The van der Waals surface area contributed by atoms with Crippen LogP contribution in [0, 0.1) is 0 Å². The minimum atomic E-state index is 1.09. The van der Waals surface area contributed by atoms with Crippen LogP contribution in [0.1, 0.15) is 0 Å². The Labute approximate surface area is 779 Å². The molecule has 0 aliphatic rings. The Bertz CT molecular complexity index is 7330. The zero-order valence-corrected chi connectivity index (χ0v) is 73.5. The van der Waals surface area contributed by atoms with E-state index >= 15 is 0 Å². The summed E-state index contributed by atoms with van der Waals surface area (Å²) in [7, 11) is 0. The van der Waals surface area contributed by atoms with Gasteiger partial charge in [0, 0.05) is 51.1 Å². The summed E-state index contributed by atoms with van der Waals surface area (Å²) in [5.41, 5.74) is 36.5. The molecule has 0 saturated carbocycles. The van der Waals surface area contributed by atoms with Crippen LogP contribution in [0.3, 0.4) is 0 Å². The third-order valence-corrected chi connectivity index (χ3v) is 25.2. The first-order chi connectivity index (χ1) is 65.9. The molecule has 3 heteroatoms. The van der Waals surface area contributed by atoms with Gasteiger partial charge in [-0.25, -0.2) is 0 Å². The number of nitrogens with zero attached hydrogens (tertiary/aromatic N) is 3. The Balaban J connectivity index is 0.000000121. The zero-order chi connectivity index (χ0) is 88.9. The molecular weight excluding hydrogens is 1600 g/mol. The predicted molar refractivity (Wildman–Crippen MR) is 567 cm³/mol. The summed E-state index contributed by atoms with van der Waals surface area (Å²) in [5.74, 6) is 0. The van der Waals surface area contributed by atoms with Crippen LogP contribution in [0.2, 0.25) is 0 Å². The molecule has 0 fully saturated rings. The summed E-state index contributed by atoms with van der Waals surface area (Å²) in [6.07, 6.45) is 0. The molecule has 0 radical (unpaired) electrons. The lowest BCUT2D eigenvalue weighted by Crippen LogP contribution is -2.12. The van der Waals surface area contributed by atoms with E-state index in [2.05, 4.69) is 579 Å². The van der Waals surface area contributed by atoms with Crippen LogP contribution in [-0.4, -0.2) is 0 Å². The SMILES string of the molecule is c1ccc(-c2ccc(N(c3ccc(-c4ccccc4)cc3)c3cc(-c4ccccc4)c(-c4ccccc4)cc3-c3ccccc3)cc2)cc1.c1ccc(-c2ccc(N(c3ccc(-c4ccccc4)cc3)c3ccc(-c4cc5ccc6cccc7ccc(c4)c5c67)cc3)cc2)cc1.c1ccc(-c2ccc(N(c3ccc(-c4ccccc4)cc3)c3ccc(-c4ccccc4)cc3)cc2)cc1. The van der Waals surface area contributed by atoms with Crippen LogP contribution in [0.25, 0.3) is 155 Å². The third kappa shape index (κ3) is 18.2. The standard InChI is InChI=1S/C48H35N.C46H31N.C36H27N/c1-6-16-36(17-7-1)38-26-30-43(31-27-38)49(44-32-28-39(29-33-44)37-18-8-2-9-19-37)48-35-46(41-22-12-4-13-23-41)45(40-20-10-3-11-21-40)34-47(48)42-24-14-5-15-25-42;1-3-8-32(9-4-1)34-18-24-42(25-19-34)47(43-26-20-35(21-27-43)33-10-5-2-6-11-33)44-28-22-36(23-29-44)41-30-39-16-14-37-12-7-13-38-15-17-40(31-41)46(39)45(37)38;1-4-10-28(11-5-1)31-16-22-34(23-17-31)37(35-24-18-32(19-25-35)29-12-6-2-7-13-29)36-26-20-33(21-27-36)30-14-8-3-9-15-30/h1-35H;1-31H;1-27H. The second-order valence-electron chi connectivity index (χ2n) is 33.5. The van der Waals surface area contributed by atoms with Gasteiger partial charge in [0.15, 0.2) is 0 Å². The zero-order valence-electron chi connectivity index (χ0n) is 73.5. The molecule has 0 atom stereocenters. The molecule has 0 amide bonds. The number of anilines is 9. The van der Waals surface area contributed by atoms with E-state index in [-0.39, 0.29) is 0 Å². The van der Waals surface area contributed by atoms with Gasteiger partial charge in [0.05, 0.1) is 5.69 Å². The maximum absolute atomic E-state index is 2.41. The first-order valence-electron chi connectivity index (χ1n) is 45.6. The lowest BCUT2D eigenvalue weighted by molar-refractivity contribution is 1.28. The van der Waals surface area contributed by atoms with Crippen molar-refractivity contribution < 1.29 is 0 Å². The highest BCUT2D eigenvalue weighted by molar-refractivity contribution is 6.24. The maximum Gasteiger partial charge on any atom is 0.0546 e. The minimum absolute atomic E-state index is 1.09. The number of hydrogen-bond donors (Lipinski definition) is 0. The Morgan fingerprint density at radius 1 is 0.0977 bits per heavy atom. The molecule has 628 valence electrons. The molecule has 0 N–H and O–H groups in total. The molecule has 23 aromatic carbocycles. The first kappa shape index (κ1) is 82.5. The molecular formula is C130H93N3. The first-order valence-corrected chi connectivity index (χ1v) is 45.6. The molecule has 0 aliphatic heterocycles. The molecule has 133 heavy (non-hydrogen) atoms. The lowest BCUT2D eigenvalue weighted by Gasteiger charge is -2.30. The highest BCUT2D eigenvalue weighted by atomic mass is 15.2. The predicted octanol–water partition coefficient (Wildman–Crippen LogP) is 36.7. The minimum Gasteiger partial charge on any atom is -0.311 e. The Kier molecular flexibility index (Phi) is 23.9. The fourth-order valence-corrected chi connectivity index (χ4v) is 18.4. The van der Waals surface area contributed by atoms with E-state index in [0.717, 1.165) is 51.2 Å². The van der Waals surface area contributed by atoms with Crippen molar-refractivity contribution in [2.75, 3.05) is 14.7 Å². The van der Waals surface area contributed by atoms with Gasteiger partial charge in [0.1, 0.15) is 0 Å². The van der Waals surface area contributed by atoms with Gasteiger partial charge in [-0.15, -0.1) is 0 Å². The van der Waals surface area contributed by atoms with Crippen LogP contribution in [0.5, 0.6) is 0 Å². The van der Waals surface area contributed by atoms with Crippen molar-refractivity contribution in [1.82, 2.24) is 0 Å². The molecule has 0 aromatic heterocycles. The number of hydrogen-bond acceptors (Lipinski definition) is 3. The van der Waals surface area contributed by atoms with Crippen LogP contribution in [-0.2, 0) is 0 Å². The van der Waals surface area contributed by atoms with Gasteiger partial charge in [-0.1, -0.05) is 443 Å². The highest BCUT2D eigenvalue weighted by Gasteiger charge is 2.24. The van der Waals surface area contributed by atoms with Gasteiger partial charge in [0.2, 0.25) is 0 Å². The van der Waals surface area contributed by atoms with Crippen molar-refractivity contribution >= 4 is 83.5 Å². The summed E-state index contributed by atoms with van der Waals surface area (Å²) in [4.78, 5) is 7.07. The van der Waals surface area contributed by atoms with Crippen molar-refractivity contribution in [2.24, 2.45) is 0 Å². The van der Waals surface area contributed by atoms with E-state index in [9.17, 15) is 0 Å². The van der Waals surface area contributed by atoms with Crippen molar-refractivity contribution in [3.63, 3.8) is 0 Å². The van der Waals surface area contributed by atoms with Crippen molar-refractivity contribution in [3.05, 3.63) is 564 Å². The largest absolute Gasteiger partial charge is 0.311 e. The fraction of sp³-hybridized carbons (Fsp3) is 0. The second kappa shape index (κ2) is 38.6. The van der Waals surface area contributed by atoms with Crippen molar-refractivity contribution in [3.8, 4) is 122 Å². The summed E-state index contributed by atoms with van der Waals surface area (Å²) in [6.45, 7) is 0. The normalized spacial score (nSPS) is 11.0. The summed E-state index contributed by atoms with van der Waals surface area (Å²) >= 11 is 0. The lowest BCUT2D eigenvalue weighted by atomic mass is 9.89. The van der Waals surface area contributed by atoms with Crippen LogP contribution in [0.4, 0.5) is 51.2 Å². The summed E-state index contributed by atoms with van der Waals surface area (Å²) in [6, 6.07) is 202. The molecule has 0 saturated heterocycles. The number of rotatable bonds is 20. The van der Waals surface area contributed by atoms with E-state index in [1.807, 2.05) is 0 Å². The highest BCUT2D eigenvalue weighted by Crippen LogP contribution is 2.49. The van der Waals surface area contributed by atoms with Gasteiger partial charge in [0.25, 0.3) is 0 Å². The van der Waals surface area contributed by atoms with Gasteiger partial charge in [-0.2, -0.15) is 0 Å². The number of benzene rings is 23. The monoisotopic (exact) mass is 1700 g/mol. The fourth-order valence-electron chi connectivity index (χ4n) is 18.4. The summed E-state index contributed by atoms with van der Waals surface area (Å²) in [5, 5.41) is 7.87.